The Morgan fingerprint density at radius 3 is 1.18 bits per heavy atom. The van der Waals surface area contributed by atoms with Crippen molar-refractivity contribution in [2.24, 2.45) is 0 Å². The molecule has 0 saturated heterocycles. The topological polar surface area (TPSA) is 81.2 Å². The Balaban J connectivity index is 1.79. The van der Waals surface area contributed by atoms with Gasteiger partial charge in [-0.15, -0.1) is 0 Å². The average Bonchev–Trinajstić information content (AvgIpc) is 3.02. The predicted molar refractivity (Wildman–Crippen MR) is 154 cm³/mol. The van der Waals surface area contributed by atoms with Crippen molar-refractivity contribution >= 4 is 0 Å². The van der Waals surface area contributed by atoms with Gasteiger partial charge in [-0.05, 0) is 84.3 Å². The number of methoxy groups -OCH3 is 6. The Morgan fingerprint density at radius 1 is 0.450 bits per heavy atom. The minimum absolute atomic E-state index is 0.596. The Morgan fingerprint density at radius 2 is 0.825 bits per heavy atom. The zero-order valence-electron chi connectivity index (χ0n) is 23.9. The first kappa shape index (κ1) is 28.5. The molecule has 0 aliphatic rings. The van der Waals surface area contributed by atoms with Crippen LogP contribution in [0.1, 0.15) is 22.5 Å². The van der Waals surface area contributed by atoms with Crippen LogP contribution < -0.4 is 28.4 Å². The van der Waals surface area contributed by atoms with Crippen LogP contribution in [0.5, 0.6) is 34.8 Å². The molecule has 0 saturated carbocycles. The van der Waals surface area contributed by atoms with Crippen molar-refractivity contribution in [1.29, 1.82) is 0 Å². The molecule has 0 fully saturated rings. The first-order valence-electron chi connectivity index (χ1n) is 13.0. The zero-order valence-corrected chi connectivity index (χ0v) is 23.9. The van der Waals surface area contributed by atoms with E-state index in [9.17, 15) is 0 Å². The van der Waals surface area contributed by atoms with E-state index < -0.39 is 0 Å². The van der Waals surface area contributed by atoms with Crippen molar-refractivity contribution in [3.63, 3.8) is 0 Å². The summed E-state index contributed by atoms with van der Waals surface area (Å²) in [6.45, 7) is 0. The maximum absolute atomic E-state index is 5.71. The van der Waals surface area contributed by atoms with E-state index in [1.807, 2.05) is 60.7 Å². The molecule has 0 unspecified atom stereocenters. The van der Waals surface area contributed by atoms with Gasteiger partial charge in [0.25, 0.3) is 0 Å². The summed E-state index contributed by atoms with van der Waals surface area (Å²) in [5, 5.41) is 0. The molecule has 0 bridgehead atoms. The molecule has 0 aliphatic heterocycles. The van der Waals surface area contributed by atoms with Gasteiger partial charge in [-0.25, -0.2) is 9.97 Å². The lowest BCUT2D eigenvalue weighted by Gasteiger charge is -2.20. The van der Waals surface area contributed by atoms with Crippen molar-refractivity contribution in [2.45, 2.75) is 25.7 Å². The molecule has 0 amide bonds. The van der Waals surface area contributed by atoms with Crippen molar-refractivity contribution in [1.82, 2.24) is 9.97 Å². The predicted octanol–water partition coefficient (Wildman–Crippen LogP) is 5.77. The number of benzene rings is 2. The van der Waals surface area contributed by atoms with Crippen LogP contribution >= 0.6 is 0 Å². The van der Waals surface area contributed by atoms with E-state index >= 15 is 0 Å². The van der Waals surface area contributed by atoms with Gasteiger partial charge in [-0.1, -0.05) is 12.1 Å². The third-order valence-corrected chi connectivity index (χ3v) is 6.79. The van der Waals surface area contributed by atoms with Crippen LogP contribution in [-0.2, 0) is 25.7 Å². The van der Waals surface area contributed by atoms with Crippen molar-refractivity contribution < 1.29 is 28.4 Å². The van der Waals surface area contributed by atoms with Gasteiger partial charge in [0.1, 0.15) is 0 Å². The van der Waals surface area contributed by atoms with E-state index in [1.165, 1.54) is 0 Å². The maximum atomic E-state index is 5.71. The minimum Gasteiger partial charge on any atom is -0.493 e. The van der Waals surface area contributed by atoms with Gasteiger partial charge in [-0.3, -0.25) is 0 Å². The highest BCUT2D eigenvalue weighted by molar-refractivity contribution is 5.77. The Kier molecular flexibility index (Phi) is 9.67. The average molecular weight is 545 g/mol. The summed E-state index contributed by atoms with van der Waals surface area (Å²) in [4.78, 5) is 9.20. The van der Waals surface area contributed by atoms with Crippen molar-refractivity contribution in [2.75, 3.05) is 42.7 Å². The van der Waals surface area contributed by atoms with E-state index in [2.05, 4.69) is 9.97 Å². The first-order chi connectivity index (χ1) is 19.5. The van der Waals surface area contributed by atoms with Gasteiger partial charge in [-0.2, -0.15) is 0 Å². The lowest BCUT2D eigenvalue weighted by molar-refractivity contribution is 0.354. The maximum Gasteiger partial charge on any atom is 0.213 e. The number of aromatic nitrogens is 2. The minimum atomic E-state index is 0.596. The molecule has 2 aromatic carbocycles. The summed E-state index contributed by atoms with van der Waals surface area (Å²) in [6, 6.07) is 19.8. The summed E-state index contributed by atoms with van der Waals surface area (Å²) >= 11 is 0. The Bertz CT molecular complexity index is 1330. The number of hydrogen-bond acceptors (Lipinski definition) is 8. The van der Waals surface area contributed by atoms with Gasteiger partial charge >= 0.3 is 0 Å². The molecule has 210 valence electrons. The van der Waals surface area contributed by atoms with Gasteiger partial charge in [0.2, 0.25) is 11.8 Å². The van der Waals surface area contributed by atoms with E-state index in [-0.39, 0.29) is 0 Å². The van der Waals surface area contributed by atoms with Crippen LogP contribution in [0.4, 0.5) is 0 Å². The molecule has 0 N–H and O–H groups in total. The molecule has 4 aromatic rings. The van der Waals surface area contributed by atoms with Crippen LogP contribution in [0.25, 0.3) is 11.1 Å². The fourth-order valence-electron chi connectivity index (χ4n) is 4.70. The summed E-state index contributed by atoms with van der Waals surface area (Å²) in [5.41, 5.74) is 6.11. The molecule has 4 rings (SSSR count). The molecule has 8 heteroatoms. The molecular weight excluding hydrogens is 508 g/mol. The highest BCUT2D eigenvalue weighted by atomic mass is 16.5. The van der Waals surface area contributed by atoms with Crippen LogP contribution in [0, 0.1) is 0 Å². The van der Waals surface area contributed by atoms with E-state index in [4.69, 9.17) is 28.4 Å². The summed E-state index contributed by atoms with van der Waals surface area (Å²) in [7, 11) is 9.83. The van der Waals surface area contributed by atoms with Crippen LogP contribution in [0.3, 0.4) is 0 Å². The number of rotatable bonds is 13. The SMILES string of the molecule is COc1cccc(CCc2cc(OC)c(OC)cc2-c2cc(OC)c(OC)cc2CCc2cccc(OC)n2)n1. The molecule has 8 nitrogen and oxygen atoms in total. The highest BCUT2D eigenvalue weighted by Crippen LogP contribution is 2.42. The number of nitrogens with zero attached hydrogens (tertiary/aromatic N) is 2. The normalized spacial score (nSPS) is 10.7. The zero-order chi connectivity index (χ0) is 28.5. The Labute approximate surface area is 235 Å². The summed E-state index contributed by atoms with van der Waals surface area (Å²) in [5.74, 6) is 3.83. The quantitative estimate of drug-likeness (QED) is 0.210. The van der Waals surface area contributed by atoms with E-state index in [1.54, 1.807) is 42.7 Å². The lowest BCUT2D eigenvalue weighted by Crippen LogP contribution is -2.04. The molecule has 0 radical (unpaired) electrons. The molecule has 2 aromatic heterocycles. The number of aryl methyl sites for hydroxylation is 4. The van der Waals surface area contributed by atoms with Gasteiger partial charge < -0.3 is 28.4 Å². The number of ether oxygens (including phenoxy) is 6. The van der Waals surface area contributed by atoms with Crippen molar-refractivity contribution in [3.05, 3.63) is 83.2 Å². The van der Waals surface area contributed by atoms with Gasteiger partial charge in [0.05, 0.1) is 42.7 Å². The second-order valence-corrected chi connectivity index (χ2v) is 9.07. The van der Waals surface area contributed by atoms with E-state index in [0.717, 1.165) is 59.3 Å². The second-order valence-electron chi connectivity index (χ2n) is 9.07. The molecule has 2 heterocycles. The summed E-state index contributed by atoms with van der Waals surface area (Å²) in [6.07, 6.45) is 2.88. The monoisotopic (exact) mass is 544 g/mol. The lowest BCUT2D eigenvalue weighted by atomic mass is 9.90. The fourth-order valence-corrected chi connectivity index (χ4v) is 4.70. The smallest absolute Gasteiger partial charge is 0.213 e. The van der Waals surface area contributed by atoms with Crippen LogP contribution in [-0.4, -0.2) is 52.6 Å². The van der Waals surface area contributed by atoms with Crippen LogP contribution in [0.2, 0.25) is 0 Å². The Hall–Kier alpha value is -4.46. The third-order valence-electron chi connectivity index (χ3n) is 6.79. The standard InChI is InChI=1S/C32H36N2O6/c1-35-27-17-21(13-15-23-9-7-11-31(33-23)39-5)25(19-29(27)37-3)26-20-30(38-4)28(36-2)18-22(26)14-16-24-10-8-12-32(34-24)40-6/h7-12,17-20H,13-16H2,1-6H3. The highest BCUT2D eigenvalue weighted by Gasteiger charge is 2.19. The van der Waals surface area contributed by atoms with Gasteiger partial charge in [0.15, 0.2) is 23.0 Å². The van der Waals surface area contributed by atoms with Crippen LogP contribution in [0.15, 0.2) is 60.7 Å². The molecule has 40 heavy (non-hydrogen) atoms. The third kappa shape index (κ3) is 6.57. The van der Waals surface area contributed by atoms with Gasteiger partial charge in [0, 0.05) is 23.5 Å². The molecule has 0 aliphatic carbocycles. The fraction of sp³-hybridized carbons (Fsp3) is 0.312. The number of hydrogen-bond donors (Lipinski definition) is 0. The second kappa shape index (κ2) is 13.6. The largest absolute Gasteiger partial charge is 0.493 e. The molecule has 0 atom stereocenters. The number of pyridine rings is 2. The summed E-state index contributed by atoms with van der Waals surface area (Å²) < 4.78 is 33.4. The van der Waals surface area contributed by atoms with E-state index in [0.29, 0.717) is 34.8 Å². The van der Waals surface area contributed by atoms with Crippen molar-refractivity contribution in [3.8, 4) is 45.9 Å². The molecular formula is C32H36N2O6. The molecule has 0 spiro atoms. The first-order valence-corrected chi connectivity index (χ1v) is 13.0.